The van der Waals surface area contributed by atoms with Gasteiger partial charge < -0.3 is 15.5 Å². The number of carboxylic acids is 1. The van der Waals surface area contributed by atoms with Crippen LogP contribution in [0.25, 0.3) is 16.9 Å². The molecule has 0 aliphatic rings. The number of aliphatic carboxylic acids is 1. The second-order valence-corrected chi connectivity index (χ2v) is 5.31. The number of aromatic nitrogens is 3. The fraction of sp³-hybridized carbons (Fsp3) is 0.0667. The predicted molar refractivity (Wildman–Crippen MR) is 92.3 cm³/mol. The molecule has 0 aliphatic carbocycles. The highest BCUT2D eigenvalue weighted by atomic mass is 35.5. The standard InChI is InChI=1S/C15H11ClN4O4.ClH/c16-9-3-1-8(2-4-9)10-5-11(21)13(14-18-7-19-20(10)14)15(24)17-6-12(22)23;/h1-5,7,21H,6H2,(H,17,24)(H,22,23);1H. The molecule has 2 aromatic heterocycles. The Hall–Kier alpha value is -2.84. The molecular weight excluding hydrogens is 371 g/mol. The second-order valence-electron chi connectivity index (χ2n) is 4.87. The zero-order valence-corrected chi connectivity index (χ0v) is 14.1. The van der Waals surface area contributed by atoms with E-state index < -0.39 is 18.4 Å². The van der Waals surface area contributed by atoms with Gasteiger partial charge in [0.1, 0.15) is 24.2 Å². The van der Waals surface area contributed by atoms with E-state index in [1.807, 2.05) is 0 Å². The van der Waals surface area contributed by atoms with E-state index in [-0.39, 0.29) is 29.4 Å². The molecule has 1 aromatic carbocycles. The number of fused-ring (bicyclic) bond motifs is 1. The Labute approximate surface area is 152 Å². The summed E-state index contributed by atoms with van der Waals surface area (Å²) in [6.07, 6.45) is 1.24. The van der Waals surface area contributed by atoms with Crippen molar-refractivity contribution in [3.05, 3.63) is 47.2 Å². The van der Waals surface area contributed by atoms with Crippen LogP contribution in [-0.2, 0) is 4.79 Å². The molecule has 2 heterocycles. The Morgan fingerprint density at radius 3 is 2.56 bits per heavy atom. The number of benzene rings is 1. The van der Waals surface area contributed by atoms with Crippen molar-refractivity contribution in [2.45, 2.75) is 0 Å². The Morgan fingerprint density at radius 2 is 1.92 bits per heavy atom. The molecule has 0 unspecified atom stereocenters. The van der Waals surface area contributed by atoms with Crippen LogP contribution >= 0.6 is 24.0 Å². The van der Waals surface area contributed by atoms with Crippen LogP contribution in [0.4, 0.5) is 0 Å². The van der Waals surface area contributed by atoms with Crippen LogP contribution in [-0.4, -0.2) is 43.2 Å². The maximum atomic E-state index is 12.1. The summed E-state index contributed by atoms with van der Waals surface area (Å²) in [6, 6.07) is 8.21. The fourth-order valence-electron chi connectivity index (χ4n) is 2.25. The quantitative estimate of drug-likeness (QED) is 0.635. The second kappa shape index (κ2) is 7.37. The van der Waals surface area contributed by atoms with Crippen molar-refractivity contribution < 1.29 is 19.8 Å². The fourth-order valence-corrected chi connectivity index (χ4v) is 2.38. The number of carboxylic acid groups (broad SMARTS) is 1. The number of nitrogens with one attached hydrogen (secondary N) is 1. The lowest BCUT2D eigenvalue weighted by Crippen LogP contribution is -2.29. The van der Waals surface area contributed by atoms with Crippen molar-refractivity contribution in [2.75, 3.05) is 6.54 Å². The van der Waals surface area contributed by atoms with Crippen molar-refractivity contribution in [2.24, 2.45) is 0 Å². The summed E-state index contributed by atoms with van der Waals surface area (Å²) in [5.74, 6) is -2.28. The number of rotatable bonds is 4. The molecular formula is C15H12Cl2N4O4. The van der Waals surface area contributed by atoms with E-state index in [1.54, 1.807) is 24.3 Å². The van der Waals surface area contributed by atoms with Gasteiger partial charge in [0.05, 0.1) is 5.69 Å². The predicted octanol–water partition coefficient (Wildman–Crippen LogP) is 1.99. The van der Waals surface area contributed by atoms with Crippen LogP contribution in [0.5, 0.6) is 5.75 Å². The smallest absolute Gasteiger partial charge is 0.322 e. The lowest BCUT2D eigenvalue weighted by atomic mass is 10.1. The summed E-state index contributed by atoms with van der Waals surface area (Å²) < 4.78 is 1.39. The van der Waals surface area contributed by atoms with Gasteiger partial charge in [-0.3, -0.25) is 9.59 Å². The number of amides is 1. The van der Waals surface area contributed by atoms with Crippen molar-refractivity contribution >= 4 is 41.5 Å². The van der Waals surface area contributed by atoms with E-state index in [0.29, 0.717) is 16.3 Å². The van der Waals surface area contributed by atoms with Crippen molar-refractivity contribution in [1.82, 2.24) is 19.9 Å². The molecule has 25 heavy (non-hydrogen) atoms. The highest BCUT2D eigenvalue weighted by molar-refractivity contribution is 6.30. The van der Waals surface area contributed by atoms with Crippen LogP contribution in [0.1, 0.15) is 10.4 Å². The number of carbonyl (C=O) groups is 2. The Morgan fingerprint density at radius 1 is 1.24 bits per heavy atom. The number of hydrogen-bond acceptors (Lipinski definition) is 5. The van der Waals surface area contributed by atoms with Gasteiger partial charge in [-0.15, -0.1) is 12.4 Å². The topological polar surface area (TPSA) is 117 Å². The molecule has 3 aromatic rings. The van der Waals surface area contributed by atoms with Crippen molar-refractivity contribution in [3.63, 3.8) is 0 Å². The maximum Gasteiger partial charge on any atom is 0.322 e. The van der Waals surface area contributed by atoms with Crippen LogP contribution < -0.4 is 5.32 Å². The molecule has 0 radical (unpaired) electrons. The molecule has 1 amide bonds. The lowest BCUT2D eigenvalue weighted by Gasteiger charge is -2.10. The largest absolute Gasteiger partial charge is 0.507 e. The number of pyridine rings is 1. The number of nitrogens with zero attached hydrogens (tertiary/aromatic N) is 3. The zero-order valence-electron chi connectivity index (χ0n) is 12.5. The molecule has 0 fully saturated rings. The first-order chi connectivity index (χ1) is 11.5. The minimum absolute atomic E-state index is 0. The summed E-state index contributed by atoms with van der Waals surface area (Å²) in [5.41, 5.74) is 1.18. The number of halogens is 2. The van der Waals surface area contributed by atoms with Gasteiger partial charge in [0.15, 0.2) is 5.65 Å². The van der Waals surface area contributed by atoms with E-state index in [0.717, 1.165) is 0 Å². The third-order valence-electron chi connectivity index (χ3n) is 3.30. The summed E-state index contributed by atoms with van der Waals surface area (Å²) in [5, 5.41) is 25.7. The molecule has 0 atom stereocenters. The van der Waals surface area contributed by atoms with Crippen molar-refractivity contribution in [1.29, 1.82) is 0 Å². The van der Waals surface area contributed by atoms with Crippen LogP contribution in [0, 0.1) is 0 Å². The molecule has 0 aliphatic heterocycles. The lowest BCUT2D eigenvalue weighted by molar-refractivity contribution is -0.135. The van der Waals surface area contributed by atoms with Crippen molar-refractivity contribution in [3.8, 4) is 17.0 Å². The summed E-state index contributed by atoms with van der Waals surface area (Å²) in [6.45, 7) is -0.572. The van der Waals surface area contributed by atoms with Crippen LogP contribution in [0.2, 0.25) is 5.02 Å². The van der Waals surface area contributed by atoms with Gasteiger partial charge in [-0.2, -0.15) is 5.10 Å². The van der Waals surface area contributed by atoms with E-state index in [2.05, 4.69) is 15.4 Å². The molecule has 0 saturated carbocycles. The van der Waals surface area contributed by atoms with E-state index in [1.165, 1.54) is 16.9 Å². The average molecular weight is 383 g/mol. The summed E-state index contributed by atoms with van der Waals surface area (Å²) in [4.78, 5) is 26.7. The normalized spacial score (nSPS) is 10.3. The Balaban J connectivity index is 0.00000225. The van der Waals surface area contributed by atoms with Gasteiger partial charge in [0.2, 0.25) is 0 Å². The van der Waals surface area contributed by atoms with Crippen LogP contribution in [0.15, 0.2) is 36.7 Å². The first-order valence-corrected chi connectivity index (χ1v) is 7.17. The third-order valence-corrected chi connectivity index (χ3v) is 3.55. The summed E-state index contributed by atoms with van der Waals surface area (Å²) >= 11 is 5.87. The number of carbonyl (C=O) groups excluding carboxylic acids is 1. The Kier molecular flexibility index (Phi) is 5.45. The Bertz CT molecular complexity index is 941. The SMILES string of the molecule is Cl.O=C(O)CNC(=O)c1c(O)cc(-c2ccc(Cl)cc2)n2ncnc12. The van der Waals surface area contributed by atoms with Crippen LogP contribution in [0.3, 0.4) is 0 Å². The highest BCUT2D eigenvalue weighted by Crippen LogP contribution is 2.29. The van der Waals surface area contributed by atoms with Gasteiger partial charge in [-0.05, 0) is 12.1 Å². The molecule has 0 saturated heterocycles. The highest BCUT2D eigenvalue weighted by Gasteiger charge is 2.21. The summed E-state index contributed by atoms with van der Waals surface area (Å²) in [7, 11) is 0. The molecule has 0 bridgehead atoms. The molecule has 10 heteroatoms. The van der Waals surface area contributed by atoms with E-state index >= 15 is 0 Å². The van der Waals surface area contributed by atoms with Gasteiger partial charge in [-0.25, -0.2) is 9.50 Å². The van der Waals surface area contributed by atoms with Gasteiger partial charge in [-0.1, -0.05) is 23.7 Å². The first-order valence-electron chi connectivity index (χ1n) is 6.79. The third kappa shape index (κ3) is 3.65. The molecule has 3 N–H and O–H groups in total. The molecule has 130 valence electrons. The minimum atomic E-state index is -1.20. The maximum absolute atomic E-state index is 12.1. The van der Waals surface area contributed by atoms with Gasteiger partial charge >= 0.3 is 5.97 Å². The molecule has 3 rings (SSSR count). The molecule has 8 nitrogen and oxygen atoms in total. The molecule has 0 spiro atoms. The zero-order chi connectivity index (χ0) is 17.3. The van der Waals surface area contributed by atoms with Gasteiger partial charge in [0.25, 0.3) is 5.91 Å². The first kappa shape index (κ1) is 18.5. The minimum Gasteiger partial charge on any atom is -0.507 e. The number of aromatic hydroxyl groups is 1. The van der Waals surface area contributed by atoms with E-state index in [4.69, 9.17) is 16.7 Å². The monoisotopic (exact) mass is 382 g/mol. The number of hydrogen-bond donors (Lipinski definition) is 3. The average Bonchev–Trinajstić information content (AvgIpc) is 3.02. The van der Waals surface area contributed by atoms with Gasteiger partial charge in [0, 0.05) is 16.7 Å². The van der Waals surface area contributed by atoms with E-state index in [9.17, 15) is 14.7 Å².